The maximum absolute atomic E-state index is 13.7. The molecule has 0 saturated carbocycles. The first-order valence-electron chi connectivity index (χ1n) is 10.5. The van der Waals surface area contributed by atoms with Gasteiger partial charge in [0.05, 0.1) is 17.4 Å². The van der Waals surface area contributed by atoms with Crippen LogP contribution >= 0.6 is 15.9 Å². The fourth-order valence-corrected chi connectivity index (χ4v) is 5.28. The lowest BCUT2D eigenvalue weighted by Crippen LogP contribution is -2.51. The lowest BCUT2D eigenvalue weighted by Gasteiger charge is -2.45. The number of carbonyl (C=O) groups excluding carboxylic acids is 1. The average Bonchev–Trinajstić information content (AvgIpc) is 2.77. The highest BCUT2D eigenvalue weighted by Crippen LogP contribution is 2.54. The van der Waals surface area contributed by atoms with Crippen molar-refractivity contribution in [2.45, 2.75) is 38.3 Å². The maximum atomic E-state index is 13.7. The van der Waals surface area contributed by atoms with Gasteiger partial charge in [0.15, 0.2) is 5.76 Å². The number of ether oxygens (including phenoxy) is 3. The Morgan fingerprint density at radius 1 is 1.15 bits per heavy atom. The Bertz CT molecular complexity index is 1130. The molecule has 0 amide bonds. The summed E-state index contributed by atoms with van der Waals surface area (Å²) in [6.07, 6.45) is 1.68. The largest absolute Gasteiger partial charge is 0.467 e. The number of carbonyl (C=O) groups is 1. The highest BCUT2D eigenvalue weighted by atomic mass is 79.9. The lowest BCUT2D eigenvalue weighted by molar-refractivity contribution is -0.142. The number of alkyl halides is 3. The van der Waals surface area contributed by atoms with E-state index in [-0.39, 0.29) is 17.9 Å². The molecule has 8 heteroatoms. The van der Waals surface area contributed by atoms with Crippen LogP contribution in [-0.2, 0) is 20.7 Å². The Morgan fingerprint density at radius 2 is 1.74 bits per heavy atom. The van der Waals surface area contributed by atoms with E-state index < -0.39 is 28.4 Å². The van der Waals surface area contributed by atoms with Crippen LogP contribution < -0.4 is 4.74 Å². The Kier molecular flexibility index (Phi) is 7.78. The fourth-order valence-electron chi connectivity index (χ4n) is 3.95. The minimum Gasteiger partial charge on any atom is -0.467 e. The third-order valence-electron chi connectivity index (χ3n) is 5.30. The smallest absolute Gasteiger partial charge is 0.387 e. The summed E-state index contributed by atoms with van der Waals surface area (Å²) in [7, 11) is 0. The van der Waals surface area contributed by atoms with Crippen LogP contribution in [0, 0.1) is 22.7 Å². The summed E-state index contributed by atoms with van der Waals surface area (Å²) < 4.78 is 42.5. The minimum absolute atomic E-state index is 0.111. The predicted molar refractivity (Wildman–Crippen MR) is 126 cm³/mol. The van der Waals surface area contributed by atoms with Gasteiger partial charge in [0.1, 0.15) is 11.5 Å². The van der Waals surface area contributed by atoms with E-state index in [1.54, 1.807) is 44.2 Å². The van der Waals surface area contributed by atoms with Gasteiger partial charge in [-0.1, -0.05) is 48.5 Å². The van der Waals surface area contributed by atoms with Gasteiger partial charge in [0, 0.05) is 18.9 Å². The summed E-state index contributed by atoms with van der Waals surface area (Å²) in [5.74, 6) is -1.38. The first kappa shape index (κ1) is 25.4. The van der Waals surface area contributed by atoms with Gasteiger partial charge in [0.25, 0.3) is 0 Å². The molecule has 0 aliphatic heterocycles. The molecule has 1 aliphatic carbocycles. The van der Waals surface area contributed by atoms with Gasteiger partial charge in [-0.15, -0.1) is 0 Å². The number of nitrogens with zero attached hydrogens (tertiary/aromatic N) is 1. The second-order valence-electron chi connectivity index (χ2n) is 8.36. The van der Waals surface area contributed by atoms with Crippen molar-refractivity contribution in [2.24, 2.45) is 11.3 Å². The molecule has 1 aliphatic rings. The fraction of sp³-hybridized carbons (Fsp3) is 0.308. The lowest BCUT2D eigenvalue weighted by atomic mass is 9.71. The third-order valence-corrected chi connectivity index (χ3v) is 6.28. The summed E-state index contributed by atoms with van der Waals surface area (Å²) in [5, 5.41) is 9.97. The summed E-state index contributed by atoms with van der Waals surface area (Å²) in [5.41, 5.74) is -0.0893. The summed E-state index contributed by atoms with van der Waals surface area (Å²) in [6.45, 7) is 1.30. The number of nitriles is 1. The van der Waals surface area contributed by atoms with Crippen molar-refractivity contribution in [1.29, 1.82) is 5.26 Å². The molecule has 0 aromatic heterocycles. The molecular formula is C26H24BrF2NO4. The first-order chi connectivity index (χ1) is 16.1. The highest BCUT2D eigenvalue weighted by Gasteiger charge is 2.58. The number of hydrogen-bond donors (Lipinski definition) is 0. The van der Waals surface area contributed by atoms with E-state index in [0.29, 0.717) is 11.3 Å². The molecule has 0 N–H and O–H groups in total. The quantitative estimate of drug-likeness (QED) is 0.286. The van der Waals surface area contributed by atoms with Gasteiger partial charge < -0.3 is 14.2 Å². The molecule has 2 unspecified atom stereocenters. The van der Waals surface area contributed by atoms with Crippen LogP contribution in [0.4, 0.5) is 8.78 Å². The minimum atomic E-state index is -3.16. The zero-order chi connectivity index (χ0) is 24.9. The number of benzene rings is 2. The Balaban J connectivity index is 2.29. The topological polar surface area (TPSA) is 68.6 Å². The van der Waals surface area contributed by atoms with Crippen LogP contribution in [0.3, 0.4) is 0 Å². The van der Waals surface area contributed by atoms with Crippen molar-refractivity contribution in [3.63, 3.8) is 0 Å². The van der Waals surface area contributed by atoms with Crippen LogP contribution in [0.25, 0.3) is 0 Å². The SMILES string of the molecule is CC(=O)OC1=CC(Cc2ccccc2)=C(OC(F)F)C(Br)(Oc2ccccc2)C1C(C)(C)C#N. The summed E-state index contributed by atoms with van der Waals surface area (Å²) >= 11 is 3.53. The number of halogens is 3. The van der Waals surface area contributed by atoms with Crippen molar-refractivity contribution >= 4 is 21.9 Å². The first-order valence-corrected chi connectivity index (χ1v) is 11.3. The maximum Gasteiger partial charge on any atom is 0.387 e. The van der Waals surface area contributed by atoms with Gasteiger partial charge in [-0.05, 0) is 53.5 Å². The molecule has 0 radical (unpaired) electrons. The third kappa shape index (κ3) is 5.65. The monoisotopic (exact) mass is 531 g/mol. The molecule has 0 saturated heterocycles. The van der Waals surface area contributed by atoms with Gasteiger partial charge in [0.2, 0.25) is 4.51 Å². The standard InChI is InChI=1S/C26H24BrF2NO4/c1-17(31)32-21-15-19(14-18-10-6-4-7-11-18)23(33-24(28)29)26(27,22(21)25(2,3)16-30)34-20-12-8-5-9-13-20/h4-13,15,22,24H,14H2,1-3H3. The molecule has 2 aromatic rings. The normalized spacial score (nSPS) is 20.4. The Morgan fingerprint density at radius 3 is 2.26 bits per heavy atom. The van der Waals surface area contributed by atoms with Crippen LogP contribution in [0.1, 0.15) is 26.3 Å². The number of hydrogen-bond acceptors (Lipinski definition) is 5. The molecule has 3 rings (SSSR count). The van der Waals surface area contributed by atoms with Crippen molar-refractivity contribution in [1.82, 2.24) is 0 Å². The average molecular weight is 532 g/mol. The number of para-hydroxylation sites is 1. The number of rotatable bonds is 8. The second kappa shape index (κ2) is 10.4. The zero-order valence-electron chi connectivity index (χ0n) is 18.9. The molecule has 2 aromatic carbocycles. The van der Waals surface area contributed by atoms with E-state index in [1.165, 1.54) is 13.0 Å². The van der Waals surface area contributed by atoms with Crippen LogP contribution in [0.2, 0.25) is 0 Å². The van der Waals surface area contributed by atoms with Gasteiger partial charge in [-0.3, -0.25) is 4.79 Å². The molecular weight excluding hydrogens is 508 g/mol. The molecule has 5 nitrogen and oxygen atoms in total. The molecule has 34 heavy (non-hydrogen) atoms. The van der Waals surface area contributed by atoms with E-state index in [0.717, 1.165) is 5.56 Å². The van der Waals surface area contributed by atoms with Gasteiger partial charge >= 0.3 is 12.6 Å². The molecule has 0 heterocycles. The van der Waals surface area contributed by atoms with Gasteiger partial charge in [-0.2, -0.15) is 14.0 Å². The van der Waals surface area contributed by atoms with E-state index >= 15 is 0 Å². The second-order valence-corrected chi connectivity index (χ2v) is 9.54. The molecule has 0 fully saturated rings. The molecule has 0 spiro atoms. The summed E-state index contributed by atoms with van der Waals surface area (Å²) in [4.78, 5) is 12.0. The molecule has 178 valence electrons. The number of esters is 1. The van der Waals surface area contributed by atoms with E-state index in [2.05, 4.69) is 22.0 Å². The summed E-state index contributed by atoms with van der Waals surface area (Å²) in [6, 6.07) is 19.9. The van der Waals surface area contributed by atoms with Crippen molar-refractivity contribution in [3.8, 4) is 11.8 Å². The zero-order valence-corrected chi connectivity index (χ0v) is 20.5. The van der Waals surface area contributed by atoms with Crippen molar-refractivity contribution in [3.05, 3.63) is 89.4 Å². The van der Waals surface area contributed by atoms with E-state index in [9.17, 15) is 18.8 Å². The van der Waals surface area contributed by atoms with Crippen LogP contribution in [-0.4, -0.2) is 17.1 Å². The highest BCUT2D eigenvalue weighted by molar-refractivity contribution is 9.10. The van der Waals surface area contributed by atoms with E-state index in [4.69, 9.17) is 14.2 Å². The molecule has 2 atom stereocenters. The Hall–Kier alpha value is -3.18. The van der Waals surface area contributed by atoms with E-state index in [1.807, 2.05) is 30.3 Å². The molecule has 0 bridgehead atoms. The predicted octanol–water partition coefficient (Wildman–Crippen LogP) is 6.52. The van der Waals surface area contributed by atoms with Gasteiger partial charge in [-0.25, -0.2) is 0 Å². The van der Waals surface area contributed by atoms with Crippen LogP contribution in [0.5, 0.6) is 5.75 Å². The Labute approximate surface area is 205 Å². The van der Waals surface area contributed by atoms with Crippen LogP contribution in [0.15, 0.2) is 83.8 Å². The van der Waals surface area contributed by atoms with Crippen molar-refractivity contribution < 1.29 is 27.8 Å². The van der Waals surface area contributed by atoms with Crippen molar-refractivity contribution in [2.75, 3.05) is 0 Å². The number of allylic oxidation sites excluding steroid dienone is 2.